The van der Waals surface area contributed by atoms with Crippen molar-refractivity contribution in [2.75, 3.05) is 19.6 Å². The normalized spacial score (nSPS) is 16.2. The van der Waals surface area contributed by atoms with Gasteiger partial charge in [-0.3, -0.25) is 9.67 Å². The molecule has 2 rings (SSSR count). The predicted molar refractivity (Wildman–Crippen MR) is 122 cm³/mol. The van der Waals surface area contributed by atoms with Crippen LogP contribution in [0.3, 0.4) is 0 Å². The number of aromatic nitrogens is 2. The molecule has 0 aliphatic heterocycles. The van der Waals surface area contributed by atoms with Gasteiger partial charge in [0.1, 0.15) is 0 Å². The first-order valence-corrected chi connectivity index (χ1v) is 9.88. The van der Waals surface area contributed by atoms with Crippen molar-refractivity contribution in [2.24, 2.45) is 23.4 Å². The number of hydrogen-bond donors (Lipinski definition) is 2. The van der Waals surface area contributed by atoms with Gasteiger partial charge in [0, 0.05) is 32.4 Å². The number of guanidine groups is 1. The summed E-state index contributed by atoms with van der Waals surface area (Å²) in [6.45, 7) is 13.7. The number of aliphatic imine (C=N–C) groups is 1. The van der Waals surface area contributed by atoms with Gasteiger partial charge in [0.25, 0.3) is 0 Å². The number of hydrogen-bond acceptors (Lipinski definition) is 2. The Hall–Kier alpha value is -0.790. The molecular formula is C20H38IN5. The molecule has 26 heavy (non-hydrogen) atoms. The van der Waals surface area contributed by atoms with Crippen LogP contribution in [0, 0.1) is 25.2 Å². The zero-order valence-corrected chi connectivity index (χ0v) is 19.8. The van der Waals surface area contributed by atoms with Crippen LogP contribution in [-0.2, 0) is 13.5 Å². The number of nitrogens with one attached hydrogen (secondary N) is 2. The van der Waals surface area contributed by atoms with Crippen molar-refractivity contribution in [2.45, 2.75) is 66.7 Å². The van der Waals surface area contributed by atoms with E-state index in [1.54, 1.807) is 0 Å². The molecule has 0 bridgehead atoms. The van der Waals surface area contributed by atoms with E-state index in [1.165, 1.54) is 36.9 Å². The molecule has 0 spiro atoms. The SMILES string of the molecule is CCNC(=NCC1(CC(C)C)CCC1)NCCc1c(C)nn(C)c1C.I. The van der Waals surface area contributed by atoms with Gasteiger partial charge in [0.05, 0.1) is 5.69 Å². The van der Waals surface area contributed by atoms with Crippen LogP contribution in [0.15, 0.2) is 4.99 Å². The van der Waals surface area contributed by atoms with E-state index >= 15 is 0 Å². The third-order valence-corrected chi connectivity index (χ3v) is 5.50. The summed E-state index contributed by atoms with van der Waals surface area (Å²) < 4.78 is 1.97. The molecule has 6 heteroatoms. The van der Waals surface area contributed by atoms with Gasteiger partial charge < -0.3 is 10.6 Å². The van der Waals surface area contributed by atoms with Crippen LogP contribution in [-0.4, -0.2) is 35.4 Å². The summed E-state index contributed by atoms with van der Waals surface area (Å²) in [4.78, 5) is 4.92. The number of aryl methyl sites for hydroxylation is 2. The van der Waals surface area contributed by atoms with Crippen molar-refractivity contribution in [1.29, 1.82) is 0 Å². The molecule has 1 heterocycles. The molecule has 1 aromatic rings. The van der Waals surface area contributed by atoms with E-state index in [0.29, 0.717) is 5.41 Å². The Morgan fingerprint density at radius 2 is 1.96 bits per heavy atom. The summed E-state index contributed by atoms with van der Waals surface area (Å²) in [5.74, 6) is 1.71. The topological polar surface area (TPSA) is 54.2 Å². The summed E-state index contributed by atoms with van der Waals surface area (Å²) in [7, 11) is 2.01. The first-order chi connectivity index (χ1) is 11.9. The molecule has 2 N–H and O–H groups in total. The lowest BCUT2D eigenvalue weighted by Crippen LogP contribution is -2.41. The lowest BCUT2D eigenvalue weighted by Gasteiger charge is -2.42. The zero-order valence-electron chi connectivity index (χ0n) is 17.5. The predicted octanol–water partition coefficient (Wildman–Crippen LogP) is 3.97. The van der Waals surface area contributed by atoms with E-state index in [9.17, 15) is 0 Å². The maximum Gasteiger partial charge on any atom is 0.191 e. The maximum absolute atomic E-state index is 4.92. The summed E-state index contributed by atoms with van der Waals surface area (Å²) in [6.07, 6.45) is 6.31. The largest absolute Gasteiger partial charge is 0.357 e. The monoisotopic (exact) mass is 475 g/mol. The minimum absolute atomic E-state index is 0. The van der Waals surface area contributed by atoms with Crippen molar-refractivity contribution in [1.82, 2.24) is 20.4 Å². The average Bonchev–Trinajstić information content (AvgIpc) is 2.75. The Kier molecular flexibility index (Phi) is 9.41. The average molecular weight is 475 g/mol. The van der Waals surface area contributed by atoms with Crippen LogP contribution in [0.4, 0.5) is 0 Å². The van der Waals surface area contributed by atoms with E-state index in [2.05, 4.69) is 50.4 Å². The van der Waals surface area contributed by atoms with Gasteiger partial charge in [-0.2, -0.15) is 5.10 Å². The highest BCUT2D eigenvalue weighted by Crippen LogP contribution is 2.46. The second-order valence-corrected chi connectivity index (χ2v) is 8.10. The molecule has 0 unspecified atom stereocenters. The Morgan fingerprint density at radius 3 is 2.42 bits per heavy atom. The van der Waals surface area contributed by atoms with Gasteiger partial charge >= 0.3 is 0 Å². The van der Waals surface area contributed by atoms with E-state index in [1.807, 2.05) is 11.7 Å². The van der Waals surface area contributed by atoms with Gasteiger partial charge in [0.15, 0.2) is 5.96 Å². The standard InChI is InChI=1S/C20H37N5.HI/c1-7-21-19(23-14-20(10-8-11-20)13-15(2)3)22-12-9-18-16(4)24-25(6)17(18)5;/h15H,7-14H2,1-6H3,(H2,21,22,23);1H. The number of nitrogens with zero attached hydrogens (tertiary/aromatic N) is 3. The Bertz CT molecular complexity index is 587. The van der Waals surface area contributed by atoms with Gasteiger partial charge in [-0.15, -0.1) is 24.0 Å². The molecule has 5 nitrogen and oxygen atoms in total. The first kappa shape index (κ1) is 23.2. The Balaban J connectivity index is 0.00000338. The van der Waals surface area contributed by atoms with E-state index in [0.717, 1.165) is 43.6 Å². The van der Waals surface area contributed by atoms with Crippen molar-refractivity contribution >= 4 is 29.9 Å². The van der Waals surface area contributed by atoms with Crippen molar-refractivity contribution in [3.63, 3.8) is 0 Å². The molecular weight excluding hydrogens is 437 g/mol. The molecule has 0 radical (unpaired) electrons. The molecule has 0 atom stereocenters. The highest BCUT2D eigenvalue weighted by atomic mass is 127. The minimum Gasteiger partial charge on any atom is -0.357 e. The second-order valence-electron chi connectivity index (χ2n) is 8.10. The maximum atomic E-state index is 4.92. The van der Waals surface area contributed by atoms with Crippen LogP contribution in [0.5, 0.6) is 0 Å². The number of halogens is 1. The molecule has 1 saturated carbocycles. The Labute approximate surface area is 176 Å². The van der Waals surface area contributed by atoms with Gasteiger partial charge in [-0.25, -0.2) is 0 Å². The highest BCUT2D eigenvalue weighted by molar-refractivity contribution is 14.0. The van der Waals surface area contributed by atoms with Crippen molar-refractivity contribution in [3.8, 4) is 0 Å². The Morgan fingerprint density at radius 1 is 1.27 bits per heavy atom. The van der Waals surface area contributed by atoms with Crippen LogP contribution in [0.2, 0.25) is 0 Å². The van der Waals surface area contributed by atoms with Crippen LogP contribution >= 0.6 is 24.0 Å². The molecule has 0 amide bonds. The van der Waals surface area contributed by atoms with Crippen molar-refractivity contribution in [3.05, 3.63) is 17.0 Å². The van der Waals surface area contributed by atoms with Gasteiger partial charge in [-0.1, -0.05) is 20.3 Å². The lowest BCUT2D eigenvalue weighted by molar-refractivity contribution is 0.111. The molecule has 150 valence electrons. The fourth-order valence-corrected chi connectivity index (χ4v) is 4.04. The molecule has 1 fully saturated rings. The van der Waals surface area contributed by atoms with E-state index < -0.39 is 0 Å². The summed E-state index contributed by atoms with van der Waals surface area (Å²) in [5, 5.41) is 11.4. The molecule has 1 aliphatic carbocycles. The molecule has 0 aromatic carbocycles. The van der Waals surface area contributed by atoms with E-state index in [4.69, 9.17) is 4.99 Å². The lowest BCUT2D eigenvalue weighted by atomic mass is 9.64. The van der Waals surface area contributed by atoms with Crippen LogP contribution in [0.25, 0.3) is 0 Å². The zero-order chi connectivity index (χ0) is 18.4. The third kappa shape index (κ3) is 6.13. The third-order valence-electron chi connectivity index (χ3n) is 5.50. The second kappa shape index (κ2) is 10.5. The molecule has 1 aliphatic rings. The van der Waals surface area contributed by atoms with Gasteiger partial charge in [-0.05, 0) is 63.4 Å². The van der Waals surface area contributed by atoms with Crippen LogP contribution in [0.1, 0.15) is 63.4 Å². The van der Waals surface area contributed by atoms with Gasteiger partial charge in [0.2, 0.25) is 0 Å². The van der Waals surface area contributed by atoms with Crippen molar-refractivity contribution < 1.29 is 0 Å². The summed E-state index contributed by atoms with van der Waals surface area (Å²) in [5.41, 5.74) is 4.19. The summed E-state index contributed by atoms with van der Waals surface area (Å²) >= 11 is 0. The number of rotatable bonds is 8. The van der Waals surface area contributed by atoms with Crippen LogP contribution < -0.4 is 10.6 Å². The first-order valence-electron chi connectivity index (χ1n) is 9.88. The smallest absolute Gasteiger partial charge is 0.191 e. The van der Waals surface area contributed by atoms with E-state index in [-0.39, 0.29) is 24.0 Å². The fraction of sp³-hybridized carbons (Fsp3) is 0.800. The molecule has 0 saturated heterocycles. The highest BCUT2D eigenvalue weighted by Gasteiger charge is 2.37. The fourth-order valence-electron chi connectivity index (χ4n) is 4.04. The molecule has 1 aromatic heterocycles. The summed E-state index contributed by atoms with van der Waals surface area (Å²) in [6, 6.07) is 0. The quantitative estimate of drug-likeness (QED) is 0.340. The minimum atomic E-state index is 0.